The van der Waals surface area contributed by atoms with Gasteiger partial charge in [-0.1, -0.05) is 12.1 Å². The monoisotopic (exact) mass is 326 g/mol. The highest BCUT2D eigenvalue weighted by atomic mass is 35.5. The zero-order chi connectivity index (χ0) is 14.9. The van der Waals surface area contributed by atoms with Gasteiger partial charge in [0.15, 0.2) is 0 Å². The molecule has 1 saturated carbocycles. The van der Waals surface area contributed by atoms with E-state index in [0.29, 0.717) is 13.1 Å². The molecule has 0 aromatic heterocycles. The van der Waals surface area contributed by atoms with Gasteiger partial charge in [0, 0.05) is 19.0 Å². The predicted octanol–water partition coefficient (Wildman–Crippen LogP) is 2.99. The van der Waals surface area contributed by atoms with Gasteiger partial charge in [-0.25, -0.2) is 4.39 Å². The van der Waals surface area contributed by atoms with Crippen LogP contribution in [0.15, 0.2) is 24.3 Å². The fourth-order valence-electron chi connectivity index (χ4n) is 3.60. The molecular weight excluding hydrogens is 303 g/mol. The first-order valence-electron chi connectivity index (χ1n) is 7.88. The zero-order valence-electron chi connectivity index (χ0n) is 13.0. The molecule has 22 heavy (non-hydrogen) atoms. The number of halogens is 2. The quantitative estimate of drug-likeness (QED) is 0.922. The zero-order valence-corrected chi connectivity index (χ0v) is 13.8. The molecule has 1 aliphatic carbocycles. The summed E-state index contributed by atoms with van der Waals surface area (Å²) in [6, 6.07) is 6.54. The van der Waals surface area contributed by atoms with Gasteiger partial charge < -0.3 is 10.2 Å². The number of piperidine rings is 1. The summed E-state index contributed by atoms with van der Waals surface area (Å²) in [5.74, 6) is 0.203. The number of nitrogens with zero attached hydrogens (tertiary/aromatic N) is 1. The van der Waals surface area contributed by atoms with Gasteiger partial charge in [0.2, 0.25) is 5.91 Å². The standard InChI is InChI=1S/C17H23FN2O.ClH/c1-2-20(12-13-4-3-5-14(18)10-13)16(21)15-11-17(15)6-8-19-9-7-17;/h3-5,10,15,19H,2,6-9,11-12H2,1H3;1H. The van der Waals surface area contributed by atoms with Crippen LogP contribution in [-0.4, -0.2) is 30.4 Å². The molecule has 2 fully saturated rings. The molecule has 1 aliphatic heterocycles. The third kappa shape index (κ3) is 3.44. The number of carbonyl (C=O) groups excluding carboxylic acids is 1. The maximum Gasteiger partial charge on any atom is 0.226 e. The topological polar surface area (TPSA) is 32.3 Å². The third-order valence-corrected chi connectivity index (χ3v) is 5.04. The molecule has 5 heteroatoms. The van der Waals surface area contributed by atoms with Crippen LogP contribution in [0, 0.1) is 17.2 Å². The summed E-state index contributed by atoms with van der Waals surface area (Å²) < 4.78 is 13.3. The normalized spacial score (nSPS) is 22.0. The van der Waals surface area contributed by atoms with Crippen LogP contribution in [-0.2, 0) is 11.3 Å². The number of carbonyl (C=O) groups is 1. The van der Waals surface area contributed by atoms with Crippen LogP contribution >= 0.6 is 12.4 Å². The Bertz CT molecular complexity index is 531. The molecule has 1 heterocycles. The van der Waals surface area contributed by atoms with Crippen LogP contribution < -0.4 is 5.32 Å². The summed E-state index contributed by atoms with van der Waals surface area (Å²) in [6.45, 7) is 5.24. The molecule has 0 radical (unpaired) electrons. The SMILES string of the molecule is CCN(Cc1cccc(F)c1)C(=O)C1CC12CCNCC2.Cl. The van der Waals surface area contributed by atoms with Crippen molar-refractivity contribution in [3.05, 3.63) is 35.6 Å². The molecule has 3 nitrogen and oxygen atoms in total. The Morgan fingerprint density at radius 1 is 1.41 bits per heavy atom. The molecule has 1 unspecified atom stereocenters. The van der Waals surface area contributed by atoms with Gasteiger partial charge in [-0.15, -0.1) is 12.4 Å². The van der Waals surface area contributed by atoms with Gasteiger partial charge in [0.25, 0.3) is 0 Å². The lowest BCUT2D eigenvalue weighted by molar-refractivity contribution is -0.134. The fourth-order valence-corrected chi connectivity index (χ4v) is 3.60. The smallest absolute Gasteiger partial charge is 0.226 e. The van der Waals surface area contributed by atoms with E-state index in [4.69, 9.17) is 0 Å². The predicted molar refractivity (Wildman–Crippen MR) is 87.4 cm³/mol. The fraction of sp³-hybridized carbons (Fsp3) is 0.588. The van der Waals surface area contributed by atoms with Crippen molar-refractivity contribution in [2.24, 2.45) is 11.3 Å². The Balaban J connectivity index is 0.00000176. The third-order valence-electron chi connectivity index (χ3n) is 5.04. The molecule has 2 aliphatic rings. The molecule has 1 amide bonds. The first-order chi connectivity index (χ1) is 10.1. The Morgan fingerprint density at radius 2 is 2.14 bits per heavy atom. The second-order valence-electron chi connectivity index (χ2n) is 6.35. The Kier molecular flexibility index (Phi) is 5.45. The number of hydrogen-bond donors (Lipinski definition) is 1. The first-order valence-corrected chi connectivity index (χ1v) is 7.88. The van der Waals surface area contributed by atoms with Crippen LogP contribution in [0.4, 0.5) is 4.39 Å². The Morgan fingerprint density at radius 3 is 2.77 bits per heavy atom. The van der Waals surface area contributed by atoms with Gasteiger partial charge in [0.1, 0.15) is 5.82 Å². The number of benzene rings is 1. The summed E-state index contributed by atoms with van der Waals surface area (Å²) in [5.41, 5.74) is 1.13. The van der Waals surface area contributed by atoms with Gasteiger partial charge >= 0.3 is 0 Å². The average Bonchev–Trinajstić information content (AvgIpc) is 3.18. The maximum atomic E-state index is 13.3. The summed E-state index contributed by atoms with van der Waals surface area (Å²) in [5, 5.41) is 3.36. The van der Waals surface area contributed by atoms with E-state index in [1.165, 1.54) is 12.1 Å². The molecule has 122 valence electrons. The Hall–Kier alpha value is -1.13. The molecule has 1 aromatic rings. The van der Waals surface area contributed by atoms with Crippen molar-refractivity contribution in [2.75, 3.05) is 19.6 Å². The maximum absolute atomic E-state index is 13.3. The van der Waals surface area contributed by atoms with Crippen molar-refractivity contribution < 1.29 is 9.18 Å². The van der Waals surface area contributed by atoms with Crippen LogP contribution in [0.3, 0.4) is 0 Å². The molecule has 1 atom stereocenters. The van der Waals surface area contributed by atoms with E-state index in [1.54, 1.807) is 6.07 Å². The van der Waals surface area contributed by atoms with Crippen molar-refractivity contribution in [1.29, 1.82) is 0 Å². The molecule has 3 rings (SSSR count). The molecular formula is C17H24ClFN2O. The first kappa shape index (κ1) is 17.2. The van der Waals surface area contributed by atoms with E-state index in [2.05, 4.69) is 5.32 Å². The lowest BCUT2D eigenvalue weighted by Crippen LogP contribution is -2.36. The van der Waals surface area contributed by atoms with Crippen LogP contribution in [0.5, 0.6) is 0 Å². The number of hydrogen-bond acceptors (Lipinski definition) is 2. The van der Waals surface area contributed by atoms with E-state index >= 15 is 0 Å². The highest BCUT2D eigenvalue weighted by Crippen LogP contribution is 2.59. The van der Waals surface area contributed by atoms with E-state index in [9.17, 15) is 9.18 Å². The van der Waals surface area contributed by atoms with Crippen molar-refractivity contribution in [2.45, 2.75) is 32.7 Å². The van der Waals surface area contributed by atoms with Crippen molar-refractivity contribution in [3.63, 3.8) is 0 Å². The Labute approximate surface area is 137 Å². The number of rotatable bonds is 4. The summed E-state index contributed by atoms with van der Waals surface area (Å²) >= 11 is 0. The summed E-state index contributed by atoms with van der Waals surface area (Å²) in [4.78, 5) is 14.6. The lowest BCUT2D eigenvalue weighted by Gasteiger charge is -2.26. The van der Waals surface area contributed by atoms with Gasteiger partial charge in [-0.05, 0) is 62.4 Å². The highest BCUT2D eigenvalue weighted by Gasteiger charge is 2.58. The summed E-state index contributed by atoms with van der Waals surface area (Å²) in [6.07, 6.45) is 3.26. The molecule has 1 N–H and O–H groups in total. The largest absolute Gasteiger partial charge is 0.338 e. The van der Waals surface area contributed by atoms with Crippen molar-refractivity contribution in [3.8, 4) is 0 Å². The van der Waals surface area contributed by atoms with E-state index in [0.717, 1.165) is 37.9 Å². The number of amides is 1. The highest BCUT2D eigenvalue weighted by molar-refractivity contribution is 5.85. The molecule has 1 aromatic carbocycles. The minimum absolute atomic E-state index is 0. The van der Waals surface area contributed by atoms with E-state index in [-0.39, 0.29) is 35.5 Å². The number of nitrogens with one attached hydrogen (secondary N) is 1. The summed E-state index contributed by atoms with van der Waals surface area (Å²) in [7, 11) is 0. The average molecular weight is 327 g/mol. The van der Waals surface area contributed by atoms with Crippen LogP contribution in [0.2, 0.25) is 0 Å². The van der Waals surface area contributed by atoms with E-state index < -0.39 is 0 Å². The molecule has 1 spiro atoms. The molecule has 0 bridgehead atoms. The minimum Gasteiger partial charge on any atom is -0.338 e. The molecule has 1 saturated heterocycles. The van der Waals surface area contributed by atoms with Gasteiger partial charge in [-0.2, -0.15) is 0 Å². The second-order valence-corrected chi connectivity index (χ2v) is 6.35. The van der Waals surface area contributed by atoms with Crippen molar-refractivity contribution >= 4 is 18.3 Å². The van der Waals surface area contributed by atoms with Gasteiger partial charge in [0.05, 0.1) is 0 Å². The van der Waals surface area contributed by atoms with Crippen LogP contribution in [0.1, 0.15) is 31.7 Å². The van der Waals surface area contributed by atoms with Crippen molar-refractivity contribution in [1.82, 2.24) is 10.2 Å². The van der Waals surface area contributed by atoms with Gasteiger partial charge in [-0.3, -0.25) is 4.79 Å². The lowest BCUT2D eigenvalue weighted by atomic mass is 9.91. The van der Waals surface area contributed by atoms with Crippen LogP contribution in [0.25, 0.3) is 0 Å². The van der Waals surface area contributed by atoms with E-state index in [1.807, 2.05) is 17.9 Å². The minimum atomic E-state index is -0.239. The second kappa shape index (κ2) is 6.97.